The van der Waals surface area contributed by atoms with Crippen LogP contribution in [-0.4, -0.2) is 13.2 Å². The molecule has 19 heavy (non-hydrogen) atoms. The molecule has 1 heterocycles. The Labute approximate surface area is 120 Å². The van der Waals surface area contributed by atoms with Crippen LogP contribution in [0.3, 0.4) is 0 Å². The lowest BCUT2D eigenvalue weighted by Gasteiger charge is -2.21. The molecule has 1 aliphatic rings. The Morgan fingerprint density at radius 1 is 1.05 bits per heavy atom. The Morgan fingerprint density at radius 2 is 1.84 bits per heavy atom. The van der Waals surface area contributed by atoms with Crippen molar-refractivity contribution >= 4 is 15.9 Å². The smallest absolute Gasteiger partial charge is 0.203 e. The topological polar surface area (TPSA) is 27.7 Å². The fraction of sp³-hybridized carbons (Fsp3) is 0.200. The largest absolute Gasteiger partial charge is 0.486 e. The highest BCUT2D eigenvalue weighted by Gasteiger charge is 2.18. The van der Waals surface area contributed by atoms with Crippen LogP contribution in [-0.2, 0) is 6.61 Å². The van der Waals surface area contributed by atoms with Gasteiger partial charge < -0.3 is 14.2 Å². The number of halogens is 1. The van der Waals surface area contributed by atoms with Gasteiger partial charge in [-0.2, -0.15) is 0 Å². The third-order valence-electron chi connectivity index (χ3n) is 2.81. The molecule has 0 atom stereocenters. The molecule has 0 unspecified atom stereocenters. The van der Waals surface area contributed by atoms with Crippen LogP contribution < -0.4 is 14.2 Å². The van der Waals surface area contributed by atoms with E-state index >= 15 is 0 Å². The zero-order valence-corrected chi connectivity index (χ0v) is 11.9. The standard InChI is InChI=1S/C15H13BrO3/c16-12-8-13-15(18-7-6-17-13)14(9-12)19-10-11-4-2-1-3-5-11/h1-5,8-9H,6-7,10H2. The van der Waals surface area contributed by atoms with Gasteiger partial charge in [-0.3, -0.25) is 0 Å². The third kappa shape index (κ3) is 2.84. The number of fused-ring (bicyclic) bond motifs is 1. The Hall–Kier alpha value is -1.68. The summed E-state index contributed by atoms with van der Waals surface area (Å²) in [6, 6.07) is 13.8. The zero-order chi connectivity index (χ0) is 13.1. The zero-order valence-electron chi connectivity index (χ0n) is 10.3. The van der Waals surface area contributed by atoms with Gasteiger partial charge >= 0.3 is 0 Å². The first-order chi connectivity index (χ1) is 9.33. The van der Waals surface area contributed by atoms with Crippen LogP contribution in [0.25, 0.3) is 0 Å². The first-order valence-electron chi connectivity index (χ1n) is 6.09. The lowest BCUT2D eigenvalue weighted by Crippen LogP contribution is -2.16. The Kier molecular flexibility index (Phi) is 3.60. The first kappa shape index (κ1) is 12.4. The molecule has 0 radical (unpaired) electrons. The second-order valence-corrected chi connectivity index (χ2v) is 5.12. The normalized spacial score (nSPS) is 13.1. The number of hydrogen-bond acceptors (Lipinski definition) is 3. The van der Waals surface area contributed by atoms with Crippen LogP contribution in [0, 0.1) is 0 Å². The van der Waals surface area contributed by atoms with E-state index in [2.05, 4.69) is 15.9 Å². The van der Waals surface area contributed by atoms with Crippen LogP contribution in [0.15, 0.2) is 46.9 Å². The van der Waals surface area contributed by atoms with E-state index in [1.807, 2.05) is 42.5 Å². The fourth-order valence-electron chi connectivity index (χ4n) is 1.93. The van der Waals surface area contributed by atoms with E-state index in [0.717, 1.165) is 15.8 Å². The molecule has 0 aliphatic carbocycles. The van der Waals surface area contributed by atoms with Gasteiger partial charge in [0.2, 0.25) is 5.75 Å². The van der Waals surface area contributed by atoms with Crippen molar-refractivity contribution in [2.24, 2.45) is 0 Å². The predicted molar refractivity (Wildman–Crippen MR) is 75.9 cm³/mol. The highest BCUT2D eigenvalue weighted by Crippen LogP contribution is 2.42. The highest BCUT2D eigenvalue weighted by atomic mass is 79.9. The van der Waals surface area contributed by atoms with E-state index in [4.69, 9.17) is 14.2 Å². The lowest BCUT2D eigenvalue weighted by molar-refractivity contribution is 0.160. The number of ether oxygens (including phenoxy) is 3. The summed E-state index contributed by atoms with van der Waals surface area (Å²) in [5.74, 6) is 2.11. The van der Waals surface area contributed by atoms with E-state index < -0.39 is 0 Å². The molecular formula is C15H13BrO3. The molecule has 1 aliphatic heterocycles. The summed E-state index contributed by atoms with van der Waals surface area (Å²) in [6.07, 6.45) is 0. The van der Waals surface area contributed by atoms with Gasteiger partial charge in [-0.1, -0.05) is 46.3 Å². The van der Waals surface area contributed by atoms with Crippen molar-refractivity contribution in [2.75, 3.05) is 13.2 Å². The molecule has 0 fully saturated rings. The summed E-state index contributed by atoms with van der Waals surface area (Å²) in [5, 5.41) is 0. The van der Waals surface area contributed by atoms with Gasteiger partial charge in [-0.05, 0) is 17.7 Å². The summed E-state index contributed by atoms with van der Waals surface area (Å²) in [5.41, 5.74) is 1.12. The van der Waals surface area contributed by atoms with Crippen molar-refractivity contribution in [1.82, 2.24) is 0 Å². The summed E-state index contributed by atoms with van der Waals surface area (Å²) in [4.78, 5) is 0. The molecule has 0 saturated heterocycles. The van der Waals surface area contributed by atoms with Crippen molar-refractivity contribution < 1.29 is 14.2 Å². The van der Waals surface area contributed by atoms with Crippen LogP contribution >= 0.6 is 15.9 Å². The molecule has 2 aromatic rings. The summed E-state index contributed by atoms with van der Waals surface area (Å²) >= 11 is 3.45. The molecular weight excluding hydrogens is 308 g/mol. The number of hydrogen-bond donors (Lipinski definition) is 0. The second kappa shape index (κ2) is 5.53. The summed E-state index contributed by atoms with van der Waals surface area (Å²) < 4.78 is 17.9. The number of rotatable bonds is 3. The van der Waals surface area contributed by atoms with Gasteiger partial charge in [0, 0.05) is 4.47 Å². The van der Waals surface area contributed by atoms with E-state index in [1.165, 1.54) is 0 Å². The van der Waals surface area contributed by atoms with Crippen molar-refractivity contribution in [1.29, 1.82) is 0 Å². The molecule has 0 N–H and O–H groups in total. The van der Waals surface area contributed by atoms with Crippen molar-refractivity contribution in [2.45, 2.75) is 6.61 Å². The average molecular weight is 321 g/mol. The SMILES string of the molecule is Brc1cc2c(c(OCc3ccccc3)c1)OCCO2. The summed E-state index contributed by atoms with van der Waals surface area (Å²) in [7, 11) is 0. The predicted octanol–water partition coefficient (Wildman–Crippen LogP) is 3.80. The Bertz CT molecular complexity index is 569. The molecule has 3 rings (SSSR count). The maximum atomic E-state index is 5.84. The Morgan fingerprint density at radius 3 is 2.68 bits per heavy atom. The Balaban J connectivity index is 1.82. The first-order valence-corrected chi connectivity index (χ1v) is 6.88. The van der Waals surface area contributed by atoms with Crippen LogP contribution in [0.5, 0.6) is 17.2 Å². The van der Waals surface area contributed by atoms with Gasteiger partial charge in [0.15, 0.2) is 11.5 Å². The minimum absolute atomic E-state index is 0.507. The third-order valence-corrected chi connectivity index (χ3v) is 3.27. The molecule has 0 bridgehead atoms. The van der Waals surface area contributed by atoms with Crippen LogP contribution in [0.2, 0.25) is 0 Å². The molecule has 98 valence electrons. The fourth-order valence-corrected chi connectivity index (χ4v) is 2.35. The van der Waals surface area contributed by atoms with Gasteiger partial charge in [0.05, 0.1) is 0 Å². The van der Waals surface area contributed by atoms with Gasteiger partial charge in [0.1, 0.15) is 19.8 Å². The van der Waals surface area contributed by atoms with Crippen molar-refractivity contribution in [3.05, 3.63) is 52.5 Å². The maximum absolute atomic E-state index is 5.84. The van der Waals surface area contributed by atoms with E-state index in [1.54, 1.807) is 0 Å². The molecule has 4 heteroatoms. The second-order valence-electron chi connectivity index (χ2n) is 4.20. The minimum atomic E-state index is 0.507. The van der Waals surface area contributed by atoms with E-state index in [9.17, 15) is 0 Å². The molecule has 3 nitrogen and oxygen atoms in total. The lowest BCUT2D eigenvalue weighted by atomic mass is 10.2. The van der Waals surface area contributed by atoms with Crippen LogP contribution in [0.1, 0.15) is 5.56 Å². The molecule has 0 saturated carbocycles. The van der Waals surface area contributed by atoms with E-state index in [-0.39, 0.29) is 0 Å². The quantitative estimate of drug-likeness (QED) is 0.861. The molecule has 0 aromatic heterocycles. The van der Waals surface area contributed by atoms with Gasteiger partial charge in [-0.25, -0.2) is 0 Å². The average Bonchev–Trinajstić information content (AvgIpc) is 2.45. The maximum Gasteiger partial charge on any atom is 0.203 e. The van der Waals surface area contributed by atoms with Gasteiger partial charge in [-0.15, -0.1) is 0 Å². The van der Waals surface area contributed by atoms with Gasteiger partial charge in [0.25, 0.3) is 0 Å². The van der Waals surface area contributed by atoms with Crippen molar-refractivity contribution in [3.63, 3.8) is 0 Å². The van der Waals surface area contributed by atoms with E-state index in [0.29, 0.717) is 31.3 Å². The van der Waals surface area contributed by atoms with Crippen molar-refractivity contribution in [3.8, 4) is 17.2 Å². The minimum Gasteiger partial charge on any atom is -0.486 e. The molecule has 0 spiro atoms. The summed E-state index contributed by atoms with van der Waals surface area (Å²) in [6.45, 7) is 1.63. The molecule has 0 amide bonds. The number of benzene rings is 2. The highest BCUT2D eigenvalue weighted by molar-refractivity contribution is 9.10. The molecule has 2 aromatic carbocycles. The van der Waals surface area contributed by atoms with Crippen LogP contribution in [0.4, 0.5) is 0 Å². The monoisotopic (exact) mass is 320 g/mol.